The number of hydrogen-bond donors (Lipinski definition) is 0. The molecule has 0 atom stereocenters. The monoisotopic (exact) mass is 429 g/mol. The summed E-state index contributed by atoms with van der Waals surface area (Å²) in [7, 11) is 0. The van der Waals surface area contributed by atoms with Crippen molar-refractivity contribution in [1.82, 2.24) is 4.90 Å². The minimum atomic E-state index is -4.42. The lowest BCUT2D eigenvalue weighted by atomic mass is 10.1. The van der Waals surface area contributed by atoms with Gasteiger partial charge in [0.15, 0.2) is 0 Å². The van der Waals surface area contributed by atoms with Crippen LogP contribution in [-0.4, -0.2) is 29.6 Å². The zero-order chi connectivity index (χ0) is 16.2. The molecule has 0 radical (unpaired) electrons. The van der Waals surface area contributed by atoms with E-state index in [9.17, 15) is 18.0 Å². The van der Waals surface area contributed by atoms with Crippen LogP contribution in [0.4, 0.5) is 13.2 Å². The molecule has 0 aliphatic heterocycles. The van der Waals surface area contributed by atoms with E-state index in [2.05, 4.69) is 31.9 Å². The Morgan fingerprint density at radius 1 is 1.24 bits per heavy atom. The molecule has 21 heavy (non-hydrogen) atoms. The van der Waals surface area contributed by atoms with Crippen LogP contribution in [0.2, 0.25) is 0 Å². The molecular weight excluding hydrogens is 415 g/mol. The van der Waals surface area contributed by atoms with E-state index in [4.69, 9.17) is 0 Å². The van der Waals surface area contributed by atoms with Crippen molar-refractivity contribution in [1.29, 1.82) is 0 Å². The van der Waals surface area contributed by atoms with Crippen LogP contribution in [0, 0.1) is 0 Å². The molecular formula is C14H16Br2F3NO. The van der Waals surface area contributed by atoms with Gasteiger partial charge in [0.2, 0.25) is 0 Å². The Labute approximate surface area is 139 Å². The topological polar surface area (TPSA) is 20.3 Å². The van der Waals surface area contributed by atoms with Crippen molar-refractivity contribution in [3.05, 3.63) is 32.7 Å². The van der Waals surface area contributed by atoms with Crippen molar-refractivity contribution in [2.75, 3.05) is 6.54 Å². The Morgan fingerprint density at radius 3 is 2.29 bits per heavy atom. The minimum absolute atomic E-state index is 0.223. The van der Waals surface area contributed by atoms with Crippen LogP contribution in [-0.2, 0) is 0 Å². The molecule has 0 unspecified atom stereocenters. The fraction of sp³-hybridized carbons (Fsp3) is 0.500. The van der Waals surface area contributed by atoms with Crippen LogP contribution in [0.15, 0.2) is 27.1 Å². The average molecular weight is 431 g/mol. The Hall–Kier alpha value is -0.560. The highest BCUT2D eigenvalue weighted by molar-refractivity contribution is 9.11. The molecule has 0 N–H and O–H groups in total. The van der Waals surface area contributed by atoms with E-state index in [1.807, 2.05) is 0 Å². The van der Waals surface area contributed by atoms with Crippen LogP contribution in [0.25, 0.3) is 0 Å². The maximum atomic E-state index is 12.8. The van der Waals surface area contributed by atoms with Gasteiger partial charge in [0.25, 0.3) is 5.91 Å². The average Bonchev–Trinajstić information content (AvgIpc) is 2.39. The van der Waals surface area contributed by atoms with Gasteiger partial charge in [-0.25, -0.2) is 0 Å². The van der Waals surface area contributed by atoms with Gasteiger partial charge in [-0.1, -0.05) is 29.8 Å². The molecule has 2 nitrogen and oxygen atoms in total. The number of amides is 1. The number of rotatable bonds is 5. The largest absolute Gasteiger partial charge is 0.406 e. The van der Waals surface area contributed by atoms with Crippen molar-refractivity contribution in [2.45, 2.75) is 38.9 Å². The Morgan fingerprint density at radius 2 is 1.81 bits per heavy atom. The molecule has 0 aliphatic carbocycles. The number of hydrogen-bond acceptors (Lipinski definition) is 1. The molecule has 1 aromatic carbocycles. The first-order valence-electron chi connectivity index (χ1n) is 6.52. The highest BCUT2D eigenvalue weighted by Gasteiger charge is 2.36. The number of benzene rings is 1. The van der Waals surface area contributed by atoms with Crippen LogP contribution in [0.1, 0.15) is 37.0 Å². The van der Waals surface area contributed by atoms with Gasteiger partial charge in [0.1, 0.15) is 6.54 Å². The number of carbonyl (C=O) groups excluding carboxylic acids is 1. The summed E-state index contributed by atoms with van der Waals surface area (Å²) in [5, 5.41) is 0. The molecule has 0 spiro atoms. The second-order valence-corrected chi connectivity index (χ2v) is 6.41. The van der Waals surface area contributed by atoms with E-state index in [1.165, 1.54) is 6.07 Å². The summed E-state index contributed by atoms with van der Waals surface area (Å²) < 4.78 is 39.5. The molecule has 0 aliphatic rings. The van der Waals surface area contributed by atoms with Crippen LogP contribution >= 0.6 is 31.9 Å². The molecule has 1 aromatic rings. The van der Waals surface area contributed by atoms with E-state index >= 15 is 0 Å². The standard InChI is InChI=1S/C14H16Br2F3NO/c1-3-10(4-2)20(8-14(17,18)19)13(21)11-7-9(15)5-6-12(11)16/h5-7,10H,3-4,8H2,1-2H3. The van der Waals surface area contributed by atoms with Gasteiger partial charge in [-0.15, -0.1) is 0 Å². The minimum Gasteiger partial charge on any atom is -0.327 e. The highest BCUT2D eigenvalue weighted by Crippen LogP contribution is 2.27. The van der Waals surface area contributed by atoms with Crippen molar-refractivity contribution in [2.24, 2.45) is 0 Å². The van der Waals surface area contributed by atoms with Crippen LogP contribution in [0.3, 0.4) is 0 Å². The maximum absolute atomic E-state index is 12.8. The van der Waals surface area contributed by atoms with E-state index < -0.39 is 24.7 Å². The smallest absolute Gasteiger partial charge is 0.327 e. The summed E-state index contributed by atoms with van der Waals surface area (Å²) in [5.41, 5.74) is 0.223. The fourth-order valence-electron chi connectivity index (χ4n) is 2.11. The van der Waals surface area contributed by atoms with Crippen LogP contribution < -0.4 is 0 Å². The van der Waals surface area contributed by atoms with E-state index in [0.29, 0.717) is 21.8 Å². The first-order chi connectivity index (χ1) is 9.69. The molecule has 0 heterocycles. The second kappa shape index (κ2) is 7.63. The van der Waals surface area contributed by atoms with Crippen molar-refractivity contribution in [3.8, 4) is 0 Å². The van der Waals surface area contributed by atoms with Crippen LogP contribution in [0.5, 0.6) is 0 Å². The molecule has 0 saturated carbocycles. The molecule has 0 aromatic heterocycles. The van der Waals surface area contributed by atoms with Crippen molar-refractivity contribution < 1.29 is 18.0 Å². The van der Waals surface area contributed by atoms with Gasteiger partial charge in [0.05, 0.1) is 5.56 Å². The molecule has 1 rings (SSSR count). The SMILES string of the molecule is CCC(CC)N(CC(F)(F)F)C(=O)c1cc(Br)ccc1Br. The van der Waals surface area contributed by atoms with E-state index in [0.717, 1.165) is 4.90 Å². The van der Waals surface area contributed by atoms with E-state index in [1.54, 1.807) is 26.0 Å². The number of alkyl halides is 3. The third kappa shape index (κ3) is 5.29. The lowest BCUT2D eigenvalue weighted by molar-refractivity contribution is -0.144. The lowest BCUT2D eigenvalue weighted by Crippen LogP contribution is -2.45. The molecule has 118 valence electrons. The summed E-state index contributed by atoms with van der Waals surface area (Å²) in [6.07, 6.45) is -3.47. The Balaban J connectivity index is 3.18. The third-order valence-corrected chi connectivity index (χ3v) is 4.34. The molecule has 0 saturated heterocycles. The van der Waals surface area contributed by atoms with Gasteiger partial charge in [-0.2, -0.15) is 13.2 Å². The fourth-order valence-corrected chi connectivity index (χ4v) is 2.88. The Kier molecular flexibility index (Phi) is 6.71. The molecule has 0 bridgehead atoms. The first kappa shape index (κ1) is 18.5. The molecule has 7 heteroatoms. The predicted molar refractivity (Wildman–Crippen MR) is 83.3 cm³/mol. The van der Waals surface area contributed by atoms with Gasteiger partial charge in [-0.05, 0) is 47.0 Å². The summed E-state index contributed by atoms with van der Waals surface area (Å²) >= 11 is 6.45. The molecule has 0 fully saturated rings. The predicted octanol–water partition coefficient (Wildman–Crippen LogP) is 5.40. The summed E-state index contributed by atoms with van der Waals surface area (Å²) in [6, 6.07) is 4.44. The number of halogens is 5. The number of nitrogens with zero attached hydrogens (tertiary/aromatic N) is 1. The maximum Gasteiger partial charge on any atom is 0.406 e. The summed E-state index contributed by atoms with van der Waals surface area (Å²) in [5.74, 6) is -0.616. The lowest BCUT2D eigenvalue weighted by Gasteiger charge is -2.31. The highest BCUT2D eigenvalue weighted by atomic mass is 79.9. The quantitative estimate of drug-likeness (QED) is 0.611. The zero-order valence-corrected chi connectivity index (χ0v) is 14.8. The summed E-state index contributed by atoms with van der Waals surface area (Å²) in [6.45, 7) is 2.32. The zero-order valence-electron chi connectivity index (χ0n) is 11.7. The van der Waals surface area contributed by atoms with E-state index in [-0.39, 0.29) is 5.56 Å². The second-order valence-electron chi connectivity index (χ2n) is 4.64. The normalized spacial score (nSPS) is 11.8. The number of carbonyl (C=O) groups is 1. The van der Waals surface area contributed by atoms with Gasteiger partial charge in [0, 0.05) is 15.0 Å². The Bertz CT molecular complexity index is 501. The summed E-state index contributed by atoms with van der Waals surface area (Å²) in [4.78, 5) is 13.4. The third-order valence-electron chi connectivity index (χ3n) is 3.15. The molecule has 1 amide bonds. The van der Waals surface area contributed by atoms with Crippen molar-refractivity contribution >= 4 is 37.8 Å². The first-order valence-corrected chi connectivity index (χ1v) is 8.11. The van der Waals surface area contributed by atoms with Gasteiger partial charge < -0.3 is 4.90 Å². The van der Waals surface area contributed by atoms with Crippen molar-refractivity contribution in [3.63, 3.8) is 0 Å². The van der Waals surface area contributed by atoms with Gasteiger partial charge in [-0.3, -0.25) is 4.79 Å². The van der Waals surface area contributed by atoms with Gasteiger partial charge >= 0.3 is 6.18 Å².